The third kappa shape index (κ3) is 5.63. The van der Waals surface area contributed by atoms with Crippen molar-refractivity contribution in [3.63, 3.8) is 0 Å². The van der Waals surface area contributed by atoms with Gasteiger partial charge in [-0.3, -0.25) is 29.8 Å². The summed E-state index contributed by atoms with van der Waals surface area (Å²) in [4.78, 5) is 44.0. The van der Waals surface area contributed by atoms with Crippen molar-refractivity contribution in [2.75, 3.05) is 5.32 Å². The van der Waals surface area contributed by atoms with Crippen molar-refractivity contribution >= 4 is 52.1 Å². The number of hydrogen-bond acceptors (Lipinski definition) is 6. The lowest BCUT2D eigenvalue weighted by molar-refractivity contribution is -0.384. The first-order valence-corrected chi connectivity index (χ1v) is 8.36. The summed E-state index contributed by atoms with van der Waals surface area (Å²) < 4.78 is 0. The van der Waals surface area contributed by atoms with Gasteiger partial charge in [-0.1, -0.05) is 29.3 Å². The average Bonchev–Trinajstić information content (AvgIpc) is 2.60. The van der Waals surface area contributed by atoms with Crippen molar-refractivity contribution in [3.8, 4) is 0 Å². The molecule has 0 saturated heterocycles. The van der Waals surface area contributed by atoms with E-state index in [0.717, 1.165) is 6.07 Å². The Hall–Kier alpha value is -3.24. The summed E-state index contributed by atoms with van der Waals surface area (Å²) in [5.41, 5.74) is 0.0319. The highest BCUT2D eigenvalue weighted by Gasteiger charge is 2.16. The standard InChI is InChI=1S/C16H12Cl2N4O6/c17-11-3-1-9(5-14(11)22(27)28)8-19-15(23)7-16(24)20-10-2-4-13(21(25)26)12(18)6-10/h1-6H,7-8H2,(H,19,23)(H,20,24). The summed E-state index contributed by atoms with van der Waals surface area (Å²) in [6.45, 7) is -0.0342. The lowest BCUT2D eigenvalue weighted by Crippen LogP contribution is -2.27. The molecule has 0 heterocycles. The Morgan fingerprint density at radius 2 is 1.57 bits per heavy atom. The van der Waals surface area contributed by atoms with Crippen LogP contribution in [-0.4, -0.2) is 21.7 Å². The number of rotatable bonds is 7. The largest absolute Gasteiger partial charge is 0.352 e. The lowest BCUT2D eigenvalue weighted by atomic mass is 10.2. The fourth-order valence-corrected chi connectivity index (χ4v) is 2.59. The number of nitro benzene ring substituents is 2. The molecule has 0 spiro atoms. The van der Waals surface area contributed by atoms with E-state index in [4.69, 9.17) is 23.2 Å². The van der Waals surface area contributed by atoms with Crippen molar-refractivity contribution in [1.82, 2.24) is 5.32 Å². The maximum Gasteiger partial charge on any atom is 0.288 e. The minimum Gasteiger partial charge on any atom is -0.352 e. The van der Waals surface area contributed by atoms with Crippen LogP contribution in [0.4, 0.5) is 17.1 Å². The Balaban J connectivity index is 1.90. The Morgan fingerprint density at radius 3 is 2.18 bits per heavy atom. The molecular formula is C16H12Cl2N4O6. The van der Waals surface area contributed by atoms with Crippen LogP contribution in [-0.2, 0) is 16.1 Å². The SMILES string of the molecule is O=C(CC(=O)Nc1ccc([N+](=O)[O-])c(Cl)c1)NCc1ccc(Cl)c([N+](=O)[O-])c1. The minimum atomic E-state index is -0.664. The summed E-state index contributed by atoms with van der Waals surface area (Å²) in [5.74, 6) is -1.28. The molecule has 0 saturated carbocycles. The summed E-state index contributed by atoms with van der Waals surface area (Å²) in [7, 11) is 0. The van der Waals surface area contributed by atoms with E-state index in [1.165, 1.54) is 30.3 Å². The van der Waals surface area contributed by atoms with Gasteiger partial charge < -0.3 is 10.6 Å². The first kappa shape index (κ1) is 21.1. The maximum absolute atomic E-state index is 11.9. The highest BCUT2D eigenvalue weighted by Crippen LogP contribution is 2.27. The molecule has 2 rings (SSSR count). The zero-order valence-electron chi connectivity index (χ0n) is 14.0. The molecule has 0 aliphatic heterocycles. The smallest absolute Gasteiger partial charge is 0.288 e. The van der Waals surface area contributed by atoms with Crippen molar-refractivity contribution in [1.29, 1.82) is 0 Å². The lowest BCUT2D eigenvalue weighted by Gasteiger charge is -2.07. The number of benzene rings is 2. The maximum atomic E-state index is 11.9. The molecule has 0 bridgehead atoms. The van der Waals surface area contributed by atoms with Crippen molar-refractivity contribution in [2.45, 2.75) is 13.0 Å². The molecule has 2 aromatic carbocycles. The Kier molecular flexibility index (Phi) is 6.85. The van der Waals surface area contributed by atoms with Gasteiger partial charge in [0.1, 0.15) is 16.5 Å². The summed E-state index contributed by atoms with van der Waals surface area (Å²) in [5, 5.41) is 26.2. The van der Waals surface area contributed by atoms with Gasteiger partial charge in [0.05, 0.1) is 9.85 Å². The number of hydrogen-bond donors (Lipinski definition) is 2. The summed E-state index contributed by atoms with van der Waals surface area (Å²) >= 11 is 11.5. The van der Waals surface area contributed by atoms with Crippen molar-refractivity contribution < 1.29 is 19.4 Å². The number of anilines is 1. The van der Waals surface area contributed by atoms with E-state index in [9.17, 15) is 29.8 Å². The fourth-order valence-electron chi connectivity index (χ4n) is 2.15. The topological polar surface area (TPSA) is 144 Å². The second-order valence-corrected chi connectivity index (χ2v) is 6.28. The molecule has 2 amide bonds. The molecule has 0 aliphatic rings. The molecule has 0 aromatic heterocycles. The number of halogens is 2. The molecule has 10 nitrogen and oxygen atoms in total. The average molecular weight is 427 g/mol. The number of amides is 2. The quantitative estimate of drug-likeness (QED) is 0.393. The molecule has 0 radical (unpaired) electrons. The highest BCUT2D eigenvalue weighted by molar-refractivity contribution is 6.33. The van der Waals surface area contributed by atoms with Crippen molar-refractivity contribution in [2.24, 2.45) is 0 Å². The van der Waals surface area contributed by atoms with Crippen LogP contribution in [0.1, 0.15) is 12.0 Å². The Morgan fingerprint density at radius 1 is 0.893 bits per heavy atom. The monoisotopic (exact) mass is 426 g/mol. The molecule has 146 valence electrons. The molecule has 0 fully saturated rings. The van der Waals surface area contributed by atoms with E-state index in [2.05, 4.69) is 10.6 Å². The zero-order chi connectivity index (χ0) is 20.8. The van der Waals surface area contributed by atoms with Gasteiger partial charge in [0.2, 0.25) is 11.8 Å². The normalized spacial score (nSPS) is 10.2. The highest BCUT2D eigenvalue weighted by atomic mass is 35.5. The number of carbonyl (C=O) groups is 2. The van der Waals surface area contributed by atoms with Crippen LogP contribution in [0.25, 0.3) is 0 Å². The van der Waals surface area contributed by atoms with Crippen LogP contribution in [0.3, 0.4) is 0 Å². The van der Waals surface area contributed by atoms with Crippen LogP contribution >= 0.6 is 23.2 Å². The number of nitrogens with one attached hydrogen (secondary N) is 2. The van der Waals surface area contributed by atoms with E-state index in [1.54, 1.807) is 0 Å². The Labute approximate surface area is 167 Å². The molecule has 2 N–H and O–H groups in total. The summed E-state index contributed by atoms with van der Waals surface area (Å²) in [6, 6.07) is 7.68. The van der Waals surface area contributed by atoms with Crippen LogP contribution in [0.5, 0.6) is 0 Å². The second kappa shape index (κ2) is 9.11. The van der Waals surface area contributed by atoms with Gasteiger partial charge in [-0.15, -0.1) is 0 Å². The first-order chi connectivity index (χ1) is 13.2. The van der Waals surface area contributed by atoms with Gasteiger partial charge in [0.25, 0.3) is 11.4 Å². The van der Waals surface area contributed by atoms with Crippen molar-refractivity contribution in [3.05, 3.63) is 72.2 Å². The van der Waals surface area contributed by atoms with Gasteiger partial charge in [0.15, 0.2) is 0 Å². The summed E-state index contributed by atoms with van der Waals surface area (Å²) in [6.07, 6.45) is -0.524. The molecule has 0 aliphatic carbocycles. The van der Waals surface area contributed by atoms with Gasteiger partial charge in [-0.2, -0.15) is 0 Å². The van der Waals surface area contributed by atoms with E-state index >= 15 is 0 Å². The molecule has 12 heteroatoms. The van der Waals surface area contributed by atoms with E-state index < -0.39 is 28.1 Å². The predicted octanol–water partition coefficient (Wildman–Crippen LogP) is 3.45. The fraction of sp³-hybridized carbons (Fsp3) is 0.125. The first-order valence-electron chi connectivity index (χ1n) is 7.60. The van der Waals surface area contributed by atoms with Gasteiger partial charge >= 0.3 is 0 Å². The van der Waals surface area contributed by atoms with Crippen LogP contribution < -0.4 is 10.6 Å². The minimum absolute atomic E-state index is 0.0267. The third-order valence-corrected chi connectivity index (χ3v) is 4.07. The molecule has 0 unspecified atom stereocenters. The van der Waals surface area contributed by atoms with E-state index in [-0.39, 0.29) is 33.7 Å². The van der Waals surface area contributed by atoms with E-state index in [0.29, 0.717) is 5.56 Å². The Bertz CT molecular complexity index is 966. The van der Waals surface area contributed by atoms with Gasteiger partial charge in [-0.25, -0.2) is 0 Å². The molecule has 2 aromatic rings. The molecular weight excluding hydrogens is 415 g/mol. The second-order valence-electron chi connectivity index (χ2n) is 5.47. The van der Waals surface area contributed by atoms with Gasteiger partial charge in [0, 0.05) is 24.4 Å². The van der Waals surface area contributed by atoms with Gasteiger partial charge in [-0.05, 0) is 23.8 Å². The predicted molar refractivity (Wildman–Crippen MR) is 101 cm³/mol. The zero-order valence-corrected chi connectivity index (χ0v) is 15.5. The number of nitro groups is 2. The van der Waals surface area contributed by atoms with Crippen LogP contribution in [0.2, 0.25) is 10.0 Å². The van der Waals surface area contributed by atoms with E-state index in [1.807, 2.05) is 0 Å². The van der Waals surface area contributed by atoms with Crippen LogP contribution in [0.15, 0.2) is 36.4 Å². The number of carbonyl (C=O) groups excluding carboxylic acids is 2. The molecule has 0 atom stereocenters. The number of nitrogens with zero attached hydrogens (tertiary/aromatic N) is 2. The van der Waals surface area contributed by atoms with Crippen LogP contribution in [0, 0.1) is 20.2 Å². The third-order valence-electron chi connectivity index (χ3n) is 3.45. The molecule has 28 heavy (non-hydrogen) atoms.